The van der Waals surface area contributed by atoms with E-state index in [0.717, 1.165) is 16.9 Å². The summed E-state index contributed by atoms with van der Waals surface area (Å²) in [7, 11) is 0. The zero-order chi connectivity index (χ0) is 21.7. The Morgan fingerprint density at radius 2 is 2.13 bits per heavy atom. The number of amides is 1. The molecule has 1 fully saturated rings. The monoisotopic (exact) mass is 465 g/mol. The van der Waals surface area contributed by atoms with Crippen LogP contribution in [0, 0.1) is 5.82 Å². The first-order valence-corrected chi connectivity index (χ1v) is 11.3. The molecule has 6 nitrogen and oxygen atoms in total. The van der Waals surface area contributed by atoms with Gasteiger partial charge in [0, 0.05) is 36.1 Å². The first-order chi connectivity index (χ1) is 14.4. The molecule has 1 aliphatic rings. The van der Waals surface area contributed by atoms with Crippen LogP contribution in [-0.2, 0) is 16.1 Å². The Kier molecular flexibility index (Phi) is 7.70. The van der Waals surface area contributed by atoms with E-state index in [1.54, 1.807) is 23.2 Å². The number of benzene rings is 1. The molecule has 30 heavy (non-hydrogen) atoms. The van der Waals surface area contributed by atoms with Gasteiger partial charge in [0.15, 0.2) is 0 Å². The first-order valence-electron chi connectivity index (χ1n) is 9.31. The summed E-state index contributed by atoms with van der Waals surface area (Å²) in [4.78, 5) is 30.4. The number of hydrogen-bond acceptors (Lipinski definition) is 7. The van der Waals surface area contributed by atoms with E-state index in [1.165, 1.54) is 35.2 Å². The van der Waals surface area contributed by atoms with Crippen molar-refractivity contribution < 1.29 is 19.1 Å². The SMILES string of the molecule is NCc1ccc(F)cc1-c1ncc(C=C2SC(=S)N(CCCCCC(=O)O)C2=O)s1. The maximum absolute atomic E-state index is 13.7. The molecule has 1 saturated heterocycles. The number of carboxylic acid groups (broad SMARTS) is 1. The quantitative estimate of drug-likeness (QED) is 0.325. The van der Waals surface area contributed by atoms with E-state index in [4.69, 9.17) is 23.1 Å². The Morgan fingerprint density at radius 3 is 2.87 bits per heavy atom. The third kappa shape index (κ3) is 5.51. The molecule has 0 radical (unpaired) electrons. The van der Waals surface area contributed by atoms with Gasteiger partial charge in [-0.2, -0.15) is 0 Å². The average Bonchev–Trinajstić information content (AvgIpc) is 3.27. The van der Waals surface area contributed by atoms with Crippen LogP contribution in [0.5, 0.6) is 0 Å². The van der Waals surface area contributed by atoms with Gasteiger partial charge in [-0.1, -0.05) is 36.5 Å². The number of aromatic nitrogens is 1. The van der Waals surface area contributed by atoms with Crippen LogP contribution in [0.15, 0.2) is 29.3 Å². The lowest BCUT2D eigenvalue weighted by Gasteiger charge is -2.13. The summed E-state index contributed by atoms with van der Waals surface area (Å²) in [5, 5.41) is 9.31. The number of thiocarbonyl (C=S) groups is 1. The van der Waals surface area contributed by atoms with Crippen LogP contribution in [0.1, 0.15) is 36.1 Å². The van der Waals surface area contributed by atoms with Crippen LogP contribution in [-0.4, -0.2) is 37.7 Å². The summed E-state index contributed by atoms with van der Waals surface area (Å²) in [5.74, 6) is -1.33. The van der Waals surface area contributed by atoms with Gasteiger partial charge in [-0.05, 0) is 36.6 Å². The van der Waals surface area contributed by atoms with Crippen LogP contribution in [0.4, 0.5) is 4.39 Å². The number of rotatable bonds is 9. The van der Waals surface area contributed by atoms with Gasteiger partial charge >= 0.3 is 5.97 Å². The number of carbonyl (C=O) groups is 2. The van der Waals surface area contributed by atoms with Gasteiger partial charge in [-0.25, -0.2) is 9.37 Å². The molecular weight excluding hydrogens is 445 g/mol. The van der Waals surface area contributed by atoms with Gasteiger partial charge < -0.3 is 10.8 Å². The smallest absolute Gasteiger partial charge is 0.303 e. The van der Waals surface area contributed by atoms with Gasteiger partial charge in [0.2, 0.25) is 0 Å². The summed E-state index contributed by atoms with van der Waals surface area (Å²) < 4.78 is 14.1. The number of nitrogens with two attached hydrogens (primary N) is 1. The maximum atomic E-state index is 13.7. The fourth-order valence-corrected chi connectivity index (χ4v) is 5.23. The molecule has 3 N–H and O–H groups in total. The zero-order valence-corrected chi connectivity index (χ0v) is 18.4. The van der Waals surface area contributed by atoms with E-state index in [1.807, 2.05) is 0 Å². The summed E-state index contributed by atoms with van der Waals surface area (Å²) in [5.41, 5.74) is 7.19. The topological polar surface area (TPSA) is 96.5 Å². The normalized spacial score (nSPS) is 15.4. The molecule has 0 spiro atoms. The number of thiazole rings is 1. The highest BCUT2D eigenvalue weighted by molar-refractivity contribution is 8.26. The molecule has 158 valence electrons. The van der Waals surface area contributed by atoms with Gasteiger partial charge in [0.25, 0.3) is 5.91 Å². The Balaban J connectivity index is 1.68. The fraction of sp³-hybridized carbons (Fsp3) is 0.300. The minimum atomic E-state index is -0.815. The third-order valence-corrected chi connectivity index (χ3v) is 6.82. The molecule has 0 aliphatic carbocycles. The van der Waals surface area contributed by atoms with Gasteiger partial charge in [-0.3, -0.25) is 14.5 Å². The Hall–Kier alpha value is -2.14. The van der Waals surface area contributed by atoms with Crippen molar-refractivity contribution in [2.45, 2.75) is 32.2 Å². The van der Waals surface area contributed by atoms with Gasteiger partial charge in [0.05, 0.1) is 4.91 Å². The molecule has 2 aromatic rings. The van der Waals surface area contributed by atoms with Crippen molar-refractivity contribution in [1.82, 2.24) is 9.88 Å². The Bertz CT molecular complexity index is 1010. The second kappa shape index (κ2) is 10.3. The molecule has 0 saturated carbocycles. The van der Waals surface area contributed by atoms with Crippen molar-refractivity contribution in [2.75, 3.05) is 6.54 Å². The van der Waals surface area contributed by atoms with Crippen molar-refractivity contribution in [3.8, 4) is 10.6 Å². The van der Waals surface area contributed by atoms with E-state index in [0.29, 0.717) is 39.2 Å². The lowest BCUT2D eigenvalue weighted by molar-refractivity contribution is -0.137. The van der Waals surface area contributed by atoms with Gasteiger partial charge in [-0.15, -0.1) is 11.3 Å². The van der Waals surface area contributed by atoms with Crippen LogP contribution >= 0.6 is 35.3 Å². The summed E-state index contributed by atoms with van der Waals surface area (Å²) in [6.07, 6.45) is 5.50. The predicted octanol–water partition coefficient (Wildman–Crippen LogP) is 4.25. The van der Waals surface area contributed by atoms with E-state index in [9.17, 15) is 14.0 Å². The molecule has 0 atom stereocenters. The molecule has 3 rings (SSSR count). The molecule has 1 aliphatic heterocycles. The fourth-order valence-electron chi connectivity index (χ4n) is 2.95. The van der Waals surface area contributed by atoms with Gasteiger partial charge in [0.1, 0.15) is 15.1 Å². The number of carboxylic acids is 1. The molecule has 10 heteroatoms. The van der Waals surface area contributed by atoms with Crippen molar-refractivity contribution in [3.05, 3.63) is 45.6 Å². The number of carbonyl (C=O) groups excluding carboxylic acids is 1. The maximum Gasteiger partial charge on any atom is 0.303 e. The molecule has 1 aromatic heterocycles. The van der Waals surface area contributed by atoms with E-state index >= 15 is 0 Å². The highest BCUT2D eigenvalue weighted by atomic mass is 32.2. The number of aliphatic carboxylic acids is 1. The lowest BCUT2D eigenvalue weighted by Crippen LogP contribution is -2.29. The van der Waals surface area contributed by atoms with Crippen molar-refractivity contribution in [3.63, 3.8) is 0 Å². The summed E-state index contributed by atoms with van der Waals surface area (Å²) >= 11 is 7.91. The number of hydrogen-bond donors (Lipinski definition) is 2. The van der Waals surface area contributed by atoms with E-state index < -0.39 is 5.97 Å². The summed E-state index contributed by atoms with van der Waals surface area (Å²) in [6.45, 7) is 0.744. The van der Waals surface area contributed by atoms with Crippen LogP contribution in [0.3, 0.4) is 0 Å². The molecule has 1 amide bonds. The molecule has 2 heterocycles. The third-order valence-electron chi connectivity index (χ3n) is 4.47. The molecule has 1 aromatic carbocycles. The van der Waals surface area contributed by atoms with Crippen LogP contribution < -0.4 is 5.73 Å². The van der Waals surface area contributed by atoms with Crippen LogP contribution in [0.25, 0.3) is 16.6 Å². The molecule has 0 bridgehead atoms. The molecule has 0 unspecified atom stereocenters. The highest BCUT2D eigenvalue weighted by Gasteiger charge is 2.31. The minimum absolute atomic E-state index is 0.128. The number of thioether (sulfide) groups is 1. The predicted molar refractivity (Wildman–Crippen MR) is 121 cm³/mol. The zero-order valence-electron chi connectivity index (χ0n) is 16.0. The largest absolute Gasteiger partial charge is 0.481 e. The van der Waals surface area contributed by atoms with Crippen molar-refractivity contribution >= 4 is 57.6 Å². The number of halogens is 1. The number of nitrogens with zero attached hydrogens (tertiary/aromatic N) is 2. The second-order valence-electron chi connectivity index (χ2n) is 6.61. The molecular formula is C20H20FN3O3S3. The van der Waals surface area contributed by atoms with Crippen molar-refractivity contribution in [1.29, 1.82) is 0 Å². The first kappa shape index (κ1) is 22.5. The highest BCUT2D eigenvalue weighted by Crippen LogP contribution is 2.35. The summed E-state index contributed by atoms with van der Waals surface area (Å²) in [6, 6.07) is 4.43. The van der Waals surface area contributed by atoms with E-state index in [2.05, 4.69) is 4.98 Å². The lowest BCUT2D eigenvalue weighted by atomic mass is 10.1. The Labute approximate surface area is 187 Å². The van der Waals surface area contributed by atoms with Crippen LogP contribution in [0.2, 0.25) is 0 Å². The minimum Gasteiger partial charge on any atom is -0.481 e. The average molecular weight is 466 g/mol. The van der Waals surface area contributed by atoms with Crippen molar-refractivity contribution in [2.24, 2.45) is 5.73 Å². The van der Waals surface area contributed by atoms with E-state index in [-0.39, 0.29) is 24.7 Å². The second-order valence-corrected chi connectivity index (χ2v) is 9.35. The number of unbranched alkanes of at least 4 members (excludes halogenated alkanes) is 2. The Morgan fingerprint density at radius 1 is 1.33 bits per heavy atom. The standard InChI is InChI=1S/C20H20FN3O3S3/c21-13-6-5-12(10-22)15(8-13)18-23-11-14(29-18)9-16-19(27)24(20(28)30-16)7-3-1-2-4-17(25)26/h5-6,8-9,11H,1-4,7,10,22H2,(H,25,26).